The third-order valence-electron chi connectivity index (χ3n) is 1.57. The molecule has 16 heavy (non-hydrogen) atoms. The molecular formula is C8H14N2O6. The normalized spacial score (nSPS) is 11.6. The summed E-state index contributed by atoms with van der Waals surface area (Å²) in [5, 5.41) is 21.3. The quantitative estimate of drug-likeness (QED) is 0.413. The van der Waals surface area contributed by atoms with E-state index in [0.717, 1.165) is 0 Å². The van der Waals surface area contributed by atoms with Gasteiger partial charge >= 0.3 is 18.0 Å². The Morgan fingerprint density at radius 1 is 1.31 bits per heavy atom. The highest BCUT2D eigenvalue weighted by atomic mass is 16.5. The summed E-state index contributed by atoms with van der Waals surface area (Å²) in [6, 6.07) is -2.19. The molecule has 4 N–H and O–H groups in total. The molecule has 0 saturated heterocycles. The maximum absolute atomic E-state index is 11.1. The fraction of sp³-hybridized carbons (Fsp3) is 0.625. The number of carboxylic acids is 2. The molecule has 8 nitrogen and oxygen atoms in total. The van der Waals surface area contributed by atoms with Gasteiger partial charge in [-0.05, 0) is 0 Å². The number of carboxylic acid groups (broad SMARTS) is 2. The van der Waals surface area contributed by atoms with Crippen molar-refractivity contribution >= 4 is 18.0 Å². The molecule has 0 aromatic carbocycles. The Morgan fingerprint density at radius 3 is 2.38 bits per heavy atom. The third kappa shape index (κ3) is 6.60. The number of carbonyl (C=O) groups excluding carboxylic acids is 1. The molecule has 8 heteroatoms. The van der Waals surface area contributed by atoms with Crippen molar-refractivity contribution in [2.45, 2.75) is 12.5 Å². The monoisotopic (exact) mass is 234 g/mol. The number of rotatable bonds is 7. The largest absolute Gasteiger partial charge is 0.481 e. The van der Waals surface area contributed by atoms with E-state index in [4.69, 9.17) is 10.2 Å². The molecule has 0 aliphatic heterocycles. The Morgan fingerprint density at radius 2 is 1.94 bits per heavy atom. The predicted octanol–water partition coefficient (Wildman–Crippen LogP) is -1.14. The highest BCUT2D eigenvalue weighted by Crippen LogP contribution is 1.92. The van der Waals surface area contributed by atoms with Crippen LogP contribution in [0.4, 0.5) is 4.79 Å². The molecule has 92 valence electrons. The maximum Gasteiger partial charge on any atom is 0.326 e. The second kappa shape index (κ2) is 7.46. The number of urea groups is 1. The molecule has 0 fully saturated rings. The molecule has 0 aliphatic rings. The first-order chi connectivity index (χ1) is 7.47. The van der Waals surface area contributed by atoms with Crippen molar-refractivity contribution in [3.8, 4) is 0 Å². The van der Waals surface area contributed by atoms with Gasteiger partial charge in [0.25, 0.3) is 0 Å². The van der Waals surface area contributed by atoms with Crippen LogP contribution in [0.2, 0.25) is 0 Å². The van der Waals surface area contributed by atoms with Crippen molar-refractivity contribution in [3.05, 3.63) is 0 Å². The highest BCUT2D eigenvalue weighted by Gasteiger charge is 2.22. The van der Waals surface area contributed by atoms with Gasteiger partial charge in [0.05, 0.1) is 13.0 Å². The van der Waals surface area contributed by atoms with Gasteiger partial charge in [0.1, 0.15) is 6.04 Å². The number of methoxy groups -OCH3 is 1. The molecule has 0 heterocycles. The second-order valence-corrected chi connectivity index (χ2v) is 2.88. The SMILES string of the molecule is COCCNC(=O)N[C@H](CC(=O)O)C(=O)O. The summed E-state index contributed by atoms with van der Waals surface area (Å²) >= 11 is 0. The summed E-state index contributed by atoms with van der Waals surface area (Å²) in [6.07, 6.45) is -0.674. The maximum atomic E-state index is 11.1. The zero-order chi connectivity index (χ0) is 12.6. The van der Waals surface area contributed by atoms with Gasteiger partial charge in [-0.3, -0.25) is 4.79 Å². The average Bonchev–Trinajstić information content (AvgIpc) is 2.16. The summed E-state index contributed by atoms with van der Waals surface area (Å²) in [5.41, 5.74) is 0. The molecule has 0 radical (unpaired) electrons. The Labute approximate surface area is 91.6 Å². The van der Waals surface area contributed by atoms with Crippen LogP contribution in [-0.4, -0.2) is 54.5 Å². The smallest absolute Gasteiger partial charge is 0.326 e. The van der Waals surface area contributed by atoms with Crippen molar-refractivity contribution < 1.29 is 29.3 Å². The first-order valence-electron chi connectivity index (χ1n) is 4.45. The molecule has 1 atom stereocenters. The fourth-order valence-corrected chi connectivity index (χ4v) is 0.851. The lowest BCUT2D eigenvalue weighted by molar-refractivity contribution is -0.145. The van der Waals surface area contributed by atoms with E-state index >= 15 is 0 Å². The van der Waals surface area contributed by atoms with Gasteiger partial charge in [0.2, 0.25) is 0 Å². The zero-order valence-electron chi connectivity index (χ0n) is 8.73. The lowest BCUT2D eigenvalue weighted by Crippen LogP contribution is -2.47. The minimum atomic E-state index is -1.44. The number of hydrogen-bond acceptors (Lipinski definition) is 4. The van der Waals surface area contributed by atoms with Gasteiger partial charge in [-0.25, -0.2) is 9.59 Å². The first kappa shape index (κ1) is 14.2. The van der Waals surface area contributed by atoms with E-state index in [0.29, 0.717) is 0 Å². The Hall–Kier alpha value is -1.83. The van der Waals surface area contributed by atoms with Crippen LogP contribution >= 0.6 is 0 Å². The molecule has 0 aromatic rings. The standard InChI is InChI=1S/C8H14N2O6/c1-16-3-2-9-8(15)10-5(7(13)14)4-6(11)12/h5H,2-4H2,1H3,(H,11,12)(H,13,14)(H2,9,10,15)/t5-/m1/s1. The third-order valence-corrected chi connectivity index (χ3v) is 1.57. The van der Waals surface area contributed by atoms with Gasteiger partial charge in [-0.15, -0.1) is 0 Å². The molecule has 0 bridgehead atoms. The molecule has 0 aromatic heterocycles. The van der Waals surface area contributed by atoms with E-state index in [9.17, 15) is 14.4 Å². The zero-order valence-corrected chi connectivity index (χ0v) is 8.73. The number of ether oxygens (including phenoxy) is 1. The number of hydrogen-bond donors (Lipinski definition) is 4. The number of carbonyl (C=O) groups is 3. The Balaban J connectivity index is 4.03. The number of aliphatic carboxylic acids is 2. The van der Waals surface area contributed by atoms with Crippen LogP contribution in [0.5, 0.6) is 0 Å². The topological polar surface area (TPSA) is 125 Å². The fourth-order valence-electron chi connectivity index (χ4n) is 0.851. The predicted molar refractivity (Wildman–Crippen MR) is 52.1 cm³/mol. The summed E-state index contributed by atoms with van der Waals surface area (Å²) in [6.45, 7) is 0.492. The lowest BCUT2D eigenvalue weighted by Gasteiger charge is -2.12. The molecule has 0 saturated carbocycles. The van der Waals surface area contributed by atoms with Crippen LogP contribution in [0.15, 0.2) is 0 Å². The van der Waals surface area contributed by atoms with Crippen molar-refractivity contribution in [1.82, 2.24) is 10.6 Å². The number of nitrogens with one attached hydrogen (secondary N) is 2. The van der Waals surface area contributed by atoms with Crippen LogP contribution in [0.1, 0.15) is 6.42 Å². The van der Waals surface area contributed by atoms with E-state index in [1.165, 1.54) is 7.11 Å². The van der Waals surface area contributed by atoms with Gasteiger partial charge in [-0.1, -0.05) is 0 Å². The van der Waals surface area contributed by atoms with Crippen LogP contribution in [0, 0.1) is 0 Å². The van der Waals surface area contributed by atoms with Crippen molar-refractivity contribution in [3.63, 3.8) is 0 Å². The van der Waals surface area contributed by atoms with E-state index in [2.05, 4.69) is 10.1 Å². The first-order valence-corrected chi connectivity index (χ1v) is 4.45. The van der Waals surface area contributed by atoms with E-state index in [-0.39, 0.29) is 13.2 Å². The van der Waals surface area contributed by atoms with Gasteiger partial charge in [0.15, 0.2) is 0 Å². The van der Waals surface area contributed by atoms with Crippen LogP contribution in [-0.2, 0) is 14.3 Å². The minimum Gasteiger partial charge on any atom is -0.481 e. The van der Waals surface area contributed by atoms with Crippen molar-refractivity contribution in [2.24, 2.45) is 0 Å². The summed E-state index contributed by atoms with van der Waals surface area (Å²) < 4.78 is 4.66. The van der Waals surface area contributed by atoms with Gasteiger partial charge < -0.3 is 25.6 Å². The van der Waals surface area contributed by atoms with E-state index < -0.39 is 30.4 Å². The minimum absolute atomic E-state index is 0.210. The van der Waals surface area contributed by atoms with Crippen LogP contribution in [0.3, 0.4) is 0 Å². The molecule has 0 aliphatic carbocycles. The van der Waals surface area contributed by atoms with Crippen LogP contribution < -0.4 is 10.6 Å². The molecule has 0 rings (SSSR count). The van der Waals surface area contributed by atoms with Gasteiger partial charge in [-0.2, -0.15) is 0 Å². The summed E-state index contributed by atoms with van der Waals surface area (Å²) in [7, 11) is 1.45. The molecule has 0 unspecified atom stereocenters. The van der Waals surface area contributed by atoms with Gasteiger partial charge in [0, 0.05) is 13.7 Å². The lowest BCUT2D eigenvalue weighted by atomic mass is 10.2. The summed E-state index contributed by atoms with van der Waals surface area (Å²) in [4.78, 5) is 32.0. The van der Waals surface area contributed by atoms with Crippen molar-refractivity contribution in [1.29, 1.82) is 0 Å². The second-order valence-electron chi connectivity index (χ2n) is 2.88. The Bertz CT molecular complexity index is 267. The van der Waals surface area contributed by atoms with E-state index in [1.54, 1.807) is 0 Å². The van der Waals surface area contributed by atoms with Crippen LogP contribution in [0.25, 0.3) is 0 Å². The molecule has 2 amide bonds. The highest BCUT2D eigenvalue weighted by molar-refractivity contribution is 5.86. The number of amides is 2. The average molecular weight is 234 g/mol. The summed E-state index contributed by atoms with van der Waals surface area (Å²) in [5.74, 6) is -2.70. The molecular weight excluding hydrogens is 220 g/mol. The van der Waals surface area contributed by atoms with E-state index in [1.807, 2.05) is 5.32 Å². The Kier molecular flexibility index (Phi) is 6.61. The van der Waals surface area contributed by atoms with Crippen molar-refractivity contribution in [2.75, 3.05) is 20.3 Å². The molecule has 0 spiro atoms.